The highest BCUT2D eigenvalue weighted by Crippen LogP contribution is 2.23. The number of anilines is 1. The Hall–Kier alpha value is -2.29. The van der Waals surface area contributed by atoms with Crippen molar-refractivity contribution in [2.45, 2.75) is 6.42 Å². The first-order valence-electron chi connectivity index (χ1n) is 5.39. The minimum Gasteiger partial charge on any atom is -0.398 e. The van der Waals surface area contributed by atoms with E-state index in [0.717, 1.165) is 16.7 Å². The number of rotatable bonds is 3. The highest BCUT2D eigenvalue weighted by Gasteiger charge is 2.05. The zero-order valence-corrected chi connectivity index (χ0v) is 9.39. The highest BCUT2D eigenvalue weighted by molar-refractivity contribution is 5.79. The van der Waals surface area contributed by atoms with Gasteiger partial charge in [0.1, 0.15) is 0 Å². The fourth-order valence-corrected chi connectivity index (χ4v) is 1.75. The molecule has 2 aromatic carbocycles. The lowest BCUT2D eigenvalue weighted by Gasteiger charge is -2.07. The number of benzene rings is 2. The van der Waals surface area contributed by atoms with Crippen LogP contribution in [0, 0.1) is 0 Å². The maximum Gasteiger partial charge on any atom is 0.221 e. The molecule has 0 saturated heterocycles. The van der Waals surface area contributed by atoms with Crippen molar-refractivity contribution in [3.63, 3.8) is 0 Å². The van der Waals surface area contributed by atoms with Crippen molar-refractivity contribution >= 4 is 11.6 Å². The molecule has 0 atom stereocenters. The van der Waals surface area contributed by atoms with Gasteiger partial charge in [-0.2, -0.15) is 0 Å². The molecule has 0 aromatic heterocycles. The molecular weight excluding hydrogens is 212 g/mol. The Kier molecular flexibility index (Phi) is 3.10. The van der Waals surface area contributed by atoms with Crippen LogP contribution >= 0.6 is 0 Å². The van der Waals surface area contributed by atoms with E-state index in [0.29, 0.717) is 5.69 Å². The molecule has 0 aliphatic carbocycles. The third-order valence-electron chi connectivity index (χ3n) is 2.62. The van der Waals surface area contributed by atoms with Gasteiger partial charge in [-0.1, -0.05) is 42.5 Å². The van der Waals surface area contributed by atoms with Gasteiger partial charge in [0, 0.05) is 5.69 Å². The van der Waals surface area contributed by atoms with E-state index in [9.17, 15) is 4.79 Å². The summed E-state index contributed by atoms with van der Waals surface area (Å²) in [4.78, 5) is 10.8. The monoisotopic (exact) mass is 226 g/mol. The predicted octanol–water partition coefficient (Wildman–Crippen LogP) is 1.96. The summed E-state index contributed by atoms with van der Waals surface area (Å²) in [7, 11) is 0. The molecule has 0 bridgehead atoms. The summed E-state index contributed by atoms with van der Waals surface area (Å²) in [6.45, 7) is 0. The summed E-state index contributed by atoms with van der Waals surface area (Å²) in [5, 5.41) is 0. The maximum absolute atomic E-state index is 10.8. The summed E-state index contributed by atoms with van der Waals surface area (Å²) in [6.07, 6.45) is 0.181. The number of amides is 1. The van der Waals surface area contributed by atoms with Crippen molar-refractivity contribution in [3.05, 3.63) is 54.1 Å². The molecule has 17 heavy (non-hydrogen) atoms. The van der Waals surface area contributed by atoms with Gasteiger partial charge in [-0.25, -0.2) is 0 Å². The highest BCUT2D eigenvalue weighted by atomic mass is 16.1. The number of hydrogen-bond donors (Lipinski definition) is 2. The van der Waals surface area contributed by atoms with E-state index in [1.807, 2.05) is 48.5 Å². The largest absolute Gasteiger partial charge is 0.398 e. The van der Waals surface area contributed by atoms with Gasteiger partial charge in [0.25, 0.3) is 0 Å². The molecule has 2 aromatic rings. The standard InChI is InChI=1S/C14H14N2O/c15-13-8-11(10-4-2-1-3-5-10)6-7-12(13)9-14(16)17/h1-8H,9,15H2,(H2,16,17). The molecule has 0 spiro atoms. The molecule has 0 saturated carbocycles. The minimum absolute atomic E-state index is 0.181. The van der Waals surface area contributed by atoms with E-state index in [4.69, 9.17) is 11.5 Å². The van der Waals surface area contributed by atoms with E-state index >= 15 is 0 Å². The van der Waals surface area contributed by atoms with Crippen LogP contribution in [0.25, 0.3) is 11.1 Å². The quantitative estimate of drug-likeness (QED) is 0.785. The maximum atomic E-state index is 10.8. The van der Waals surface area contributed by atoms with Crippen LogP contribution in [0.5, 0.6) is 0 Å². The molecule has 0 aliphatic rings. The van der Waals surface area contributed by atoms with Crippen molar-refractivity contribution in [3.8, 4) is 11.1 Å². The van der Waals surface area contributed by atoms with E-state index in [1.54, 1.807) is 0 Å². The van der Waals surface area contributed by atoms with Gasteiger partial charge >= 0.3 is 0 Å². The van der Waals surface area contributed by atoms with Gasteiger partial charge in [-0.3, -0.25) is 4.79 Å². The number of hydrogen-bond acceptors (Lipinski definition) is 2. The van der Waals surface area contributed by atoms with Crippen LogP contribution in [0.4, 0.5) is 5.69 Å². The topological polar surface area (TPSA) is 69.1 Å². The molecule has 0 heterocycles. The number of carbonyl (C=O) groups is 1. The van der Waals surface area contributed by atoms with Crippen molar-refractivity contribution < 1.29 is 4.79 Å². The van der Waals surface area contributed by atoms with Crippen LogP contribution < -0.4 is 11.5 Å². The van der Waals surface area contributed by atoms with Gasteiger partial charge < -0.3 is 11.5 Å². The number of carbonyl (C=O) groups excluding carboxylic acids is 1. The molecule has 1 amide bonds. The van der Waals surface area contributed by atoms with E-state index in [1.165, 1.54) is 0 Å². The molecule has 0 unspecified atom stereocenters. The third-order valence-corrected chi connectivity index (χ3v) is 2.62. The Morgan fingerprint density at radius 2 is 1.71 bits per heavy atom. The van der Waals surface area contributed by atoms with E-state index < -0.39 is 0 Å². The number of nitrogens with two attached hydrogens (primary N) is 2. The summed E-state index contributed by atoms with van der Waals surface area (Å²) in [5.74, 6) is -0.371. The fraction of sp³-hybridized carbons (Fsp3) is 0.0714. The summed E-state index contributed by atoms with van der Waals surface area (Å²) >= 11 is 0. The molecule has 3 nitrogen and oxygen atoms in total. The van der Waals surface area contributed by atoms with E-state index in [-0.39, 0.29) is 12.3 Å². The van der Waals surface area contributed by atoms with Gasteiger partial charge in [-0.15, -0.1) is 0 Å². The number of nitrogen functional groups attached to an aromatic ring is 1. The molecule has 3 heteroatoms. The van der Waals surface area contributed by atoms with Crippen LogP contribution in [-0.2, 0) is 11.2 Å². The second-order valence-electron chi connectivity index (χ2n) is 3.92. The average Bonchev–Trinajstić information content (AvgIpc) is 2.32. The second kappa shape index (κ2) is 4.70. The zero-order chi connectivity index (χ0) is 12.3. The van der Waals surface area contributed by atoms with Gasteiger partial charge in [-0.05, 0) is 22.8 Å². The summed E-state index contributed by atoms with van der Waals surface area (Å²) in [5.41, 5.74) is 14.6. The van der Waals surface area contributed by atoms with Gasteiger partial charge in [0.05, 0.1) is 6.42 Å². The van der Waals surface area contributed by atoms with Crippen LogP contribution in [0.1, 0.15) is 5.56 Å². The van der Waals surface area contributed by atoms with Crippen LogP contribution in [-0.4, -0.2) is 5.91 Å². The first kappa shape index (κ1) is 11.2. The molecule has 0 radical (unpaired) electrons. The average molecular weight is 226 g/mol. The lowest BCUT2D eigenvalue weighted by Crippen LogP contribution is -2.14. The molecule has 2 rings (SSSR count). The molecule has 4 N–H and O–H groups in total. The van der Waals surface area contributed by atoms with Crippen LogP contribution in [0.3, 0.4) is 0 Å². The van der Waals surface area contributed by atoms with Crippen molar-refractivity contribution in [2.24, 2.45) is 5.73 Å². The van der Waals surface area contributed by atoms with Crippen molar-refractivity contribution in [1.29, 1.82) is 0 Å². The van der Waals surface area contributed by atoms with Gasteiger partial charge in [0.2, 0.25) is 5.91 Å². The van der Waals surface area contributed by atoms with Gasteiger partial charge in [0.15, 0.2) is 0 Å². The Labute approximate surface area is 100 Å². The molecule has 86 valence electrons. The van der Waals surface area contributed by atoms with E-state index in [2.05, 4.69) is 0 Å². The second-order valence-corrected chi connectivity index (χ2v) is 3.92. The Balaban J connectivity index is 2.34. The SMILES string of the molecule is NC(=O)Cc1ccc(-c2ccccc2)cc1N. The van der Waals surface area contributed by atoms with Crippen molar-refractivity contribution in [2.75, 3.05) is 5.73 Å². The zero-order valence-electron chi connectivity index (χ0n) is 9.39. The third kappa shape index (κ3) is 2.64. The Morgan fingerprint density at radius 3 is 2.29 bits per heavy atom. The lowest BCUT2D eigenvalue weighted by molar-refractivity contribution is -0.117. The fourth-order valence-electron chi connectivity index (χ4n) is 1.75. The molecule has 0 fully saturated rings. The first-order valence-corrected chi connectivity index (χ1v) is 5.39. The summed E-state index contributed by atoms with van der Waals surface area (Å²) in [6, 6.07) is 15.6. The molecular formula is C14H14N2O. The smallest absolute Gasteiger partial charge is 0.221 e. The summed E-state index contributed by atoms with van der Waals surface area (Å²) < 4.78 is 0. The first-order chi connectivity index (χ1) is 8.16. The normalized spacial score (nSPS) is 10.1. The van der Waals surface area contributed by atoms with Crippen molar-refractivity contribution in [1.82, 2.24) is 0 Å². The lowest BCUT2D eigenvalue weighted by atomic mass is 10.0. The minimum atomic E-state index is -0.371. The Morgan fingerprint density at radius 1 is 1.00 bits per heavy atom. The Bertz CT molecular complexity index is 535. The molecule has 0 aliphatic heterocycles. The number of primary amides is 1. The van der Waals surface area contributed by atoms with Crippen LogP contribution in [0.15, 0.2) is 48.5 Å². The van der Waals surface area contributed by atoms with Crippen LogP contribution in [0.2, 0.25) is 0 Å². The predicted molar refractivity (Wildman–Crippen MR) is 69.2 cm³/mol.